The van der Waals surface area contributed by atoms with E-state index >= 15 is 0 Å². The molecule has 0 bridgehead atoms. The van der Waals surface area contributed by atoms with Gasteiger partial charge in [-0.25, -0.2) is 12.8 Å². The van der Waals surface area contributed by atoms with E-state index < -0.39 is 32.5 Å². The average molecular weight is 379 g/mol. The lowest BCUT2D eigenvalue weighted by Crippen LogP contribution is -2.49. The second kappa shape index (κ2) is 7.38. The molecule has 2 aromatic rings. The Morgan fingerprint density at radius 1 is 1.15 bits per heavy atom. The number of hydrogen-bond acceptors (Lipinski definition) is 5. The molecular formula is C17H18FN3O4S. The molecular weight excluding hydrogens is 361 g/mol. The first-order chi connectivity index (χ1) is 12.4. The van der Waals surface area contributed by atoms with Crippen LogP contribution in [0.4, 0.5) is 15.8 Å². The number of nitro groups is 1. The van der Waals surface area contributed by atoms with Gasteiger partial charge in [0.15, 0.2) is 4.90 Å². The van der Waals surface area contributed by atoms with Crippen molar-refractivity contribution in [3.8, 4) is 0 Å². The molecule has 1 atom stereocenters. The highest BCUT2D eigenvalue weighted by molar-refractivity contribution is 7.93. The summed E-state index contributed by atoms with van der Waals surface area (Å²) in [5.74, 6) is -0.487. The molecule has 1 heterocycles. The second-order valence-electron chi connectivity index (χ2n) is 6.00. The molecule has 1 fully saturated rings. The first-order valence-corrected chi connectivity index (χ1v) is 9.59. The van der Waals surface area contributed by atoms with Gasteiger partial charge in [-0.15, -0.1) is 0 Å². The third kappa shape index (κ3) is 3.54. The van der Waals surface area contributed by atoms with E-state index in [1.807, 2.05) is 0 Å². The summed E-state index contributed by atoms with van der Waals surface area (Å²) in [5, 5.41) is 14.5. The lowest BCUT2D eigenvalue weighted by atomic mass is 10.1. The number of nitrogens with zero attached hydrogens (tertiary/aromatic N) is 2. The number of nitrogens with one attached hydrogen (secondary N) is 1. The van der Waals surface area contributed by atoms with E-state index in [0.717, 1.165) is 19.0 Å². The van der Waals surface area contributed by atoms with Crippen LogP contribution >= 0.6 is 0 Å². The first kappa shape index (κ1) is 18.3. The number of benzene rings is 2. The molecule has 0 radical (unpaired) electrons. The van der Waals surface area contributed by atoms with Crippen LogP contribution in [0, 0.1) is 15.9 Å². The zero-order valence-electron chi connectivity index (χ0n) is 13.8. The van der Waals surface area contributed by atoms with Crippen molar-refractivity contribution in [3.05, 3.63) is 64.5 Å². The minimum absolute atomic E-state index is 0.276. The fraction of sp³-hybridized carbons (Fsp3) is 0.294. The van der Waals surface area contributed by atoms with Gasteiger partial charge in [-0.3, -0.25) is 14.4 Å². The van der Waals surface area contributed by atoms with E-state index in [9.17, 15) is 22.9 Å². The number of piperidine rings is 1. The molecule has 9 heteroatoms. The Hall–Kier alpha value is -2.52. The number of anilines is 1. The summed E-state index contributed by atoms with van der Waals surface area (Å²) in [5.41, 5.74) is -0.207. The lowest BCUT2D eigenvalue weighted by Gasteiger charge is -2.35. The highest BCUT2D eigenvalue weighted by atomic mass is 32.2. The van der Waals surface area contributed by atoms with Gasteiger partial charge in [0.1, 0.15) is 5.82 Å². The maximum atomic E-state index is 13.3. The zero-order chi connectivity index (χ0) is 18.7. The summed E-state index contributed by atoms with van der Waals surface area (Å²) < 4.78 is 41.2. The first-order valence-electron chi connectivity index (χ1n) is 8.15. The standard InChI is InChI=1S/C17H18FN3O4S/c18-13-7-9-14(10-8-13)20(15-4-3-11-19-12-15)26(24,25)17-6-2-1-5-16(17)21(22)23/h1-2,5-10,15,19H,3-4,11-12H2. The van der Waals surface area contributed by atoms with Gasteiger partial charge in [-0.1, -0.05) is 12.1 Å². The molecule has 0 spiro atoms. The van der Waals surface area contributed by atoms with E-state index in [4.69, 9.17) is 0 Å². The Morgan fingerprint density at radius 2 is 1.85 bits per heavy atom. The average Bonchev–Trinajstić information content (AvgIpc) is 2.64. The van der Waals surface area contributed by atoms with E-state index in [0.29, 0.717) is 13.0 Å². The van der Waals surface area contributed by atoms with Crippen molar-refractivity contribution in [3.63, 3.8) is 0 Å². The van der Waals surface area contributed by atoms with Crippen LogP contribution in [0.5, 0.6) is 0 Å². The van der Waals surface area contributed by atoms with Crippen LogP contribution in [0.25, 0.3) is 0 Å². The summed E-state index contributed by atoms with van der Waals surface area (Å²) in [6, 6.07) is 9.92. The van der Waals surface area contributed by atoms with Crippen LogP contribution in [0.3, 0.4) is 0 Å². The van der Waals surface area contributed by atoms with Crippen molar-refractivity contribution >= 4 is 21.4 Å². The van der Waals surface area contributed by atoms with Crippen molar-refractivity contribution in [2.24, 2.45) is 0 Å². The monoisotopic (exact) mass is 379 g/mol. The third-order valence-electron chi connectivity index (χ3n) is 4.28. The minimum atomic E-state index is -4.21. The SMILES string of the molecule is O=[N+]([O-])c1ccccc1S(=O)(=O)N(c1ccc(F)cc1)C1CCCNC1. The summed E-state index contributed by atoms with van der Waals surface area (Å²) >= 11 is 0. The van der Waals surface area contributed by atoms with Gasteiger partial charge < -0.3 is 5.32 Å². The Bertz CT molecular complexity index is 896. The van der Waals surface area contributed by atoms with Gasteiger partial charge in [0.05, 0.1) is 16.7 Å². The Balaban J connectivity index is 2.14. The highest BCUT2D eigenvalue weighted by Gasteiger charge is 2.36. The van der Waals surface area contributed by atoms with Crippen LogP contribution in [0.15, 0.2) is 53.4 Å². The van der Waals surface area contributed by atoms with Gasteiger partial charge in [-0.05, 0) is 49.7 Å². The summed E-state index contributed by atoms with van der Waals surface area (Å²) in [4.78, 5) is 10.2. The molecule has 1 N–H and O–H groups in total. The Morgan fingerprint density at radius 3 is 2.46 bits per heavy atom. The number of rotatable bonds is 5. The molecule has 0 aromatic heterocycles. The molecule has 138 valence electrons. The number of hydrogen-bond donors (Lipinski definition) is 1. The lowest BCUT2D eigenvalue weighted by molar-refractivity contribution is -0.387. The van der Waals surface area contributed by atoms with Gasteiger partial charge in [-0.2, -0.15) is 0 Å². The van der Waals surface area contributed by atoms with E-state index in [2.05, 4.69) is 5.32 Å². The summed E-state index contributed by atoms with van der Waals surface area (Å²) in [6.45, 7) is 1.19. The molecule has 1 aliphatic rings. The number of halogens is 1. The van der Waals surface area contributed by atoms with Crippen molar-refractivity contribution in [2.45, 2.75) is 23.8 Å². The van der Waals surface area contributed by atoms with Gasteiger partial charge in [0.2, 0.25) is 0 Å². The van der Waals surface area contributed by atoms with Crippen LogP contribution in [0.1, 0.15) is 12.8 Å². The largest absolute Gasteiger partial charge is 0.315 e. The second-order valence-corrected chi connectivity index (χ2v) is 7.79. The Kier molecular flexibility index (Phi) is 5.19. The maximum Gasteiger partial charge on any atom is 0.289 e. The molecule has 3 rings (SSSR count). The molecule has 1 saturated heterocycles. The topological polar surface area (TPSA) is 92.5 Å². The van der Waals surface area contributed by atoms with Crippen molar-refractivity contribution < 1.29 is 17.7 Å². The van der Waals surface area contributed by atoms with E-state index in [-0.39, 0.29) is 10.6 Å². The maximum absolute atomic E-state index is 13.3. The molecule has 0 amide bonds. The Labute approximate surface area is 150 Å². The molecule has 0 saturated carbocycles. The number of para-hydroxylation sites is 1. The molecule has 0 aliphatic carbocycles. The molecule has 1 unspecified atom stereocenters. The molecule has 2 aromatic carbocycles. The van der Waals surface area contributed by atoms with Crippen LogP contribution in [-0.2, 0) is 10.0 Å². The summed E-state index contributed by atoms with van der Waals surface area (Å²) in [7, 11) is -4.21. The van der Waals surface area contributed by atoms with Crippen LogP contribution in [0.2, 0.25) is 0 Å². The fourth-order valence-electron chi connectivity index (χ4n) is 3.10. The third-order valence-corrected chi connectivity index (χ3v) is 6.21. The molecule has 26 heavy (non-hydrogen) atoms. The quantitative estimate of drug-likeness (QED) is 0.637. The van der Waals surface area contributed by atoms with Crippen molar-refractivity contribution in [1.29, 1.82) is 0 Å². The zero-order valence-corrected chi connectivity index (χ0v) is 14.7. The fourth-order valence-corrected chi connectivity index (χ4v) is 4.94. The van der Waals surface area contributed by atoms with E-state index in [1.165, 1.54) is 46.8 Å². The smallest absolute Gasteiger partial charge is 0.289 e. The van der Waals surface area contributed by atoms with Gasteiger partial charge >= 0.3 is 0 Å². The normalized spacial score (nSPS) is 17.7. The highest BCUT2D eigenvalue weighted by Crippen LogP contribution is 2.32. The van der Waals surface area contributed by atoms with Crippen molar-refractivity contribution in [1.82, 2.24) is 5.32 Å². The minimum Gasteiger partial charge on any atom is -0.315 e. The number of sulfonamides is 1. The van der Waals surface area contributed by atoms with Gasteiger partial charge in [0, 0.05) is 12.6 Å². The number of nitro benzene ring substituents is 1. The van der Waals surface area contributed by atoms with Crippen LogP contribution in [-0.4, -0.2) is 32.5 Å². The summed E-state index contributed by atoms with van der Waals surface area (Å²) in [6.07, 6.45) is 1.37. The van der Waals surface area contributed by atoms with Crippen LogP contribution < -0.4 is 9.62 Å². The molecule has 7 nitrogen and oxygen atoms in total. The predicted molar refractivity (Wildman–Crippen MR) is 95.1 cm³/mol. The van der Waals surface area contributed by atoms with Gasteiger partial charge in [0.25, 0.3) is 15.7 Å². The van der Waals surface area contributed by atoms with Crippen molar-refractivity contribution in [2.75, 3.05) is 17.4 Å². The molecule has 1 aliphatic heterocycles. The van der Waals surface area contributed by atoms with E-state index in [1.54, 1.807) is 0 Å². The predicted octanol–water partition coefficient (Wildman–Crippen LogP) is 2.68.